The normalized spacial score (nSPS) is 13.9. The van der Waals surface area contributed by atoms with E-state index in [0.29, 0.717) is 12.8 Å². The molecule has 0 saturated heterocycles. The van der Waals surface area contributed by atoms with Gasteiger partial charge in [-0.15, -0.1) is 0 Å². The molecule has 0 aromatic carbocycles. The fourth-order valence-electron chi connectivity index (χ4n) is 6.81. The Balaban J connectivity index is 3.85. The highest BCUT2D eigenvalue weighted by atomic mass is 31.2. The topological polar surface area (TPSA) is 169 Å². The molecule has 356 valence electrons. The van der Waals surface area contributed by atoms with Crippen molar-refractivity contribution >= 4 is 25.7 Å². The molecule has 0 aliphatic carbocycles. The molecule has 0 aromatic rings. The second kappa shape index (κ2) is 44.3. The summed E-state index contributed by atoms with van der Waals surface area (Å²) < 4.78 is 26.9. The van der Waals surface area contributed by atoms with Gasteiger partial charge in [0.2, 0.25) is 5.91 Å². The number of rotatable bonds is 46. The first-order valence-electron chi connectivity index (χ1n) is 24.5. The zero-order valence-corrected chi connectivity index (χ0v) is 39.6. The van der Waals surface area contributed by atoms with Gasteiger partial charge in [-0.1, -0.05) is 179 Å². The van der Waals surface area contributed by atoms with Gasteiger partial charge in [0, 0.05) is 12.8 Å². The summed E-state index contributed by atoms with van der Waals surface area (Å²) in [5, 5.41) is 21.9. The third-order valence-electron chi connectivity index (χ3n) is 10.7. The van der Waals surface area contributed by atoms with E-state index >= 15 is 0 Å². The summed E-state index contributed by atoms with van der Waals surface area (Å²) in [7, 11) is -4.76. The van der Waals surface area contributed by atoms with Crippen molar-refractivity contribution in [3.05, 3.63) is 36.5 Å². The van der Waals surface area contributed by atoms with Crippen molar-refractivity contribution in [1.29, 1.82) is 0 Å². The molecule has 0 heterocycles. The van der Waals surface area contributed by atoms with Crippen LogP contribution in [0.1, 0.15) is 226 Å². The van der Waals surface area contributed by atoms with Crippen molar-refractivity contribution in [3.63, 3.8) is 0 Å². The maximum atomic E-state index is 12.4. The summed E-state index contributed by atoms with van der Waals surface area (Å²) in [6.45, 7) is 2.58. The van der Waals surface area contributed by atoms with E-state index in [1.165, 1.54) is 122 Å². The summed E-state index contributed by atoms with van der Waals surface area (Å²) >= 11 is 0. The van der Waals surface area contributed by atoms with Crippen LogP contribution in [0.3, 0.4) is 0 Å². The Kier molecular flexibility index (Phi) is 42.6. The molecule has 3 atom stereocenters. The van der Waals surface area contributed by atoms with Gasteiger partial charge < -0.3 is 25.2 Å². The maximum absolute atomic E-state index is 12.4. The lowest BCUT2D eigenvalue weighted by molar-refractivity contribution is -0.147. The van der Waals surface area contributed by atoms with Gasteiger partial charge in [-0.2, -0.15) is 0 Å². The van der Waals surface area contributed by atoms with Crippen LogP contribution in [0.4, 0.5) is 0 Å². The third-order valence-corrected chi connectivity index (χ3v) is 11.6. The number of unbranched alkanes of at least 4 members (excludes halogenated alkanes) is 26. The van der Waals surface area contributed by atoms with Crippen LogP contribution in [-0.2, 0) is 32.7 Å². The number of ether oxygens (including phenoxy) is 1. The van der Waals surface area contributed by atoms with Crippen LogP contribution in [0.2, 0.25) is 0 Å². The quantitative estimate of drug-likeness (QED) is 0.0200. The van der Waals surface area contributed by atoms with E-state index in [-0.39, 0.29) is 12.8 Å². The molecule has 61 heavy (non-hydrogen) atoms. The van der Waals surface area contributed by atoms with Crippen LogP contribution in [0.5, 0.6) is 0 Å². The Labute approximate surface area is 371 Å². The monoisotopic (exact) mass is 884 g/mol. The number of carboxylic acids is 1. The number of aliphatic hydroxyl groups is 1. The summed E-state index contributed by atoms with van der Waals surface area (Å²) in [4.78, 5) is 46.0. The zero-order chi connectivity index (χ0) is 44.9. The Bertz CT molecular complexity index is 1180. The molecule has 0 spiro atoms. The maximum Gasteiger partial charge on any atom is 0.472 e. The van der Waals surface area contributed by atoms with E-state index in [4.69, 9.17) is 13.8 Å². The van der Waals surface area contributed by atoms with E-state index in [0.717, 1.165) is 64.2 Å². The number of amides is 1. The van der Waals surface area contributed by atoms with Gasteiger partial charge in [0.15, 0.2) is 6.04 Å². The van der Waals surface area contributed by atoms with Crippen molar-refractivity contribution in [2.45, 2.75) is 238 Å². The average Bonchev–Trinajstić information content (AvgIpc) is 3.24. The molecule has 0 aromatic heterocycles. The Hall–Kier alpha value is -2.30. The second-order valence-electron chi connectivity index (χ2n) is 16.6. The number of carbonyl (C=O) groups is 3. The van der Waals surface area contributed by atoms with Crippen LogP contribution in [0.15, 0.2) is 36.5 Å². The molecule has 0 bridgehead atoms. The standard InChI is InChI=1S/C49H90NO10P/c1-3-5-7-9-11-13-15-17-19-21-22-23-24-25-26-28-30-32-34-36-38-40-47(52)50-46(49(54)55)44-60-61(56,57)59-43-45(51)42-58-48(53)41-39-37-35-33-31-29-27-20-18-16-14-12-10-8-6-4-2/h11,13,17,19-20,27,45-46,51H,3-10,12,14-16,18,21-26,28-44H2,1-2H3,(H,50,52)(H,54,55)(H,56,57)/b13-11-,19-17-,27-20-. The van der Waals surface area contributed by atoms with Crippen LogP contribution in [-0.4, -0.2) is 64.9 Å². The predicted octanol–water partition coefficient (Wildman–Crippen LogP) is 13.2. The Morgan fingerprint density at radius 2 is 0.902 bits per heavy atom. The summed E-state index contributed by atoms with van der Waals surface area (Å²) in [5.74, 6) is -2.38. The first-order chi connectivity index (χ1) is 29.6. The molecule has 0 fully saturated rings. The summed E-state index contributed by atoms with van der Waals surface area (Å²) in [6.07, 6.45) is 48.7. The summed E-state index contributed by atoms with van der Waals surface area (Å²) in [6, 6.07) is -1.55. The van der Waals surface area contributed by atoms with Crippen LogP contribution in [0, 0.1) is 0 Å². The van der Waals surface area contributed by atoms with Gasteiger partial charge >= 0.3 is 19.8 Å². The average molecular weight is 884 g/mol. The van der Waals surface area contributed by atoms with E-state index in [1.807, 2.05) is 0 Å². The first kappa shape index (κ1) is 58.7. The molecule has 0 rings (SSSR count). The van der Waals surface area contributed by atoms with Crippen molar-refractivity contribution in [1.82, 2.24) is 5.32 Å². The SMILES string of the molecule is CCCCC/C=C\C/C=C\CCCCCCCCCCCCCC(=O)NC(COP(=O)(O)OCC(O)COC(=O)CCCCCCC/C=C\CCCCCCCCC)C(=O)O. The van der Waals surface area contributed by atoms with Gasteiger partial charge in [0.1, 0.15) is 12.7 Å². The molecule has 0 aliphatic heterocycles. The van der Waals surface area contributed by atoms with E-state index in [2.05, 4.69) is 55.6 Å². The number of nitrogens with one attached hydrogen (secondary N) is 1. The van der Waals surface area contributed by atoms with Crippen molar-refractivity contribution in [2.24, 2.45) is 0 Å². The Morgan fingerprint density at radius 1 is 0.525 bits per heavy atom. The van der Waals surface area contributed by atoms with Crippen LogP contribution >= 0.6 is 7.82 Å². The number of hydrogen-bond acceptors (Lipinski definition) is 8. The molecular weight excluding hydrogens is 794 g/mol. The fourth-order valence-corrected chi connectivity index (χ4v) is 7.58. The molecule has 4 N–H and O–H groups in total. The molecule has 12 heteroatoms. The molecule has 1 amide bonds. The minimum atomic E-state index is -4.76. The molecule has 0 radical (unpaired) electrons. The number of hydrogen-bond donors (Lipinski definition) is 4. The van der Waals surface area contributed by atoms with Gasteiger partial charge in [-0.3, -0.25) is 18.6 Å². The largest absolute Gasteiger partial charge is 0.480 e. The molecule has 11 nitrogen and oxygen atoms in total. The first-order valence-corrected chi connectivity index (χ1v) is 26.0. The number of allylic oxidation sites excluding steroid dienone is 6. The smallest absolute Gasteiger partial charge is 0.472 e. The van der Waals surface area contributed by atoms with E-state index in [1.54, 1.807) is 0 Å². The highest BCUT2D eigenvalue weighted by Gasteiger charge is 2.28. The van der Waals surface area contributed by atoms with E-state index in [9.17, 15) is 34.1 Å². The van der Waals surface area contributed by atoms with E-state index < -0.39 is 57.6 Å². The number of carbonyl (C=O) groups excluding carboxylic acids is 2. The number of phosphoric ester groups is 1. The lowest BCUT2D eigenvalue weighted by Gasteiger charge is -2.18. The second-order valence-corrected chi connectivity index (χ2v) is 18.1. The molecule has 3 unspecified atom stereocenters. The van der Waals surface area contributed by atoms with Crippen molar-refractivity contribution in [2.75, 3.05) is 19.8 Å². The Morgan fingerprint density at radius 3 is 1.38 bits per heavy atom. The number of phosphoric acid groups is 1. The lowest BCUT2D eigenvalue weighted by Crippen LogP contribution is -2.43. The highest BCUT2D eigenvalue weighted by Crippen LogP contribution is 2.43. The van der Waals surface area contributed by atoms with Crippen molar-refractivity contribution in [3.8, 4) is 0 Å². The lowest BCUT2D eigenvalue weighted by atomic mass is 10.0. The minimum Gasteiger partial charge on any atom is -0.480 e. The predicted molar refractivity (Wildman–Crippen MR) is 249 cm³/mol. The number of carboxylic acid groups (broad SMARTS) is 1. The van der Waals surface area contributed by atoms with Gasteiger partial charge in [0.05, 0.1) is 13.2 Å². The third kappa shape index (κ3) is 44.1. The molecular formula is C49H90NO10P. The van der Waals surface area contributed by atoms with Gasteiger partial charge in [0.25, 0.3) is 0 Å². The van der Waals surface area contributed by atoms with Gasteiger partial charge in [-0.05, 0) is 70.6 Å². The number of esters is 1. The van der Waals surface area contributed by atoms with Crippen LogP contribution < -0.4 is 5.32 Å². The number of aliphatic hydroxyl groups excluding tert-OH is 1. The van der Waals surface area contributed by atoms with Crippen LogP contribution in [0.25, 0.3) is 0 Å². The highest BCUT2D eigenvalue weighted by molar-refractivity contribution is 7.47. The summed E-state index contributed by atoms with van der Waals surface area (Å²) in [5.41, 5.74) is 0. The molecule has 0 saturated carbocycles. The van der Waals surface area contributed by atoms with Gasteiger partial charge in [-0.25, -0.2) is 9.36 Å². The number of aliphatic carboxylic acids is 1. The molecule has 0 aliphatic rings. The van der Waals surface area contributed by atoms with Crippen molar-refractivity contribution < 1.29 is 47.8 Å². The zero-order valence-electron chi connectivity index (χ0n) is 38.7. The fraction of sp³-hybridized carbons (Fsp3) is 0.816. The minimum absolute atomic E-state index is 0.143.